The summed E-state index contributed by atoms with van der Waals surface area (Å²) in [5.74, 6) is 0.519. The molecular weight excluding hydrogens is 186 g/mol. The van der Waals surface area contributed by atoms with Crippen molar-refractivity contribution in [1.29, 1.82) is 0 Å². The van der Waals surface area contributed by atoms with Gasteiger partial charge in [-0.3, -0.25) is 4.79 Å². The first-order valence-corrected chi connectivity index (χ1v) is 5.73. The first-order valence-electron chi connectivity index (χ1n) is 5.73. The Labute approximate surface area is 92.4 Å². The third kappa shape index (κ3) is 3.54. The number of hydrogen-bond donors (Lipinski definition) is 1. The van der Waals surface area contributed by atoms with Crippen molar-refractivity contribution in [3.63, 3.8) is 0 Å². The Morgan fingerprint density at radius 3 is 2.67 bits per heavy atom. The SMILES string of the molecule is C=C1CCCC/C(=C/C=O)NC1C(C)C. The van der Waals surface area contributed by atoms with Gasteiger partial charge < -0.3 is 5.32 Å². The van der Waals surface area contributed by atoms with Gasteiger partial charge >= 0.3 is 0 Å². The van der Waals surface area contributed by atoms with Crippen LogP contribution in [0.1, 0.15) is 39.5 Å². The van der Waals surface area contributed by atoms with E-state index in [2.05, 4.69) is 25.7 Å². The maximum absolute atomic E-state index is 10.5. The zero-order valence-corrected chi connectivity index (χ0v) is 9.75. The first kappa shape index (κ1) is 12.0. The lowest BCUT2D eigenvalue weighted by molar-refractivity contribution is -0.104. The molecule has 1 fully saturated rings. The summed E-state index contributed by atoms with van der Waals surface area (Å²) >= 11 is 0. The summed E-state index contributed by atoms with van der Waals surface area (Å²) in [4.78, 5) is 10.5. The van der Waals surface area contributed by atoms with Crippen LogP contribution in [-0.4, -0.2) is 12.3 Å². The quantitative estimate of drug-likeness (QED) is 0.428. The number of hydrogen-bond acceptors (Lipinski definition) is 2. The Hall–Kier alpha value is -1.05. The minimum Gasteiger partial charge on any atom is -0.382 e. The minimum absolute atomic E-state index is 0.316. The summed E-state index contributed by atoms with van der Waals surface area (Å²) in [6.07, 6.45) is 6.91. The average Bonchev–Trinajstić information content (AvgIpc) is 2.16. The Morgan fingerprint density at radius 1 is 1.40 bits per heavy atom. The van der Waals surface area contributed by atoms with E-state index in [1.807, 2.05) is 0 Å². The lowest BCUT2D eigenvalue weighted by Crippen LogP contribution is -2.35. The van der Waals surface area contributed by atoms with E-state index in [1.165, 1.54) is 12.0 Å². The second kappa shape index (κ2) is 5.74. The van der Waals surface area contributed by atoms with E-state index in [4.69, 9.17) is 0 Å². The summed E-state index contributed by atoms with van der Waals surface area (Å²) in [5, 5.41) is 3.44. The molecule has 0 spiro atoms. The molecule has 1 aliphatic rings. The lowest BCUT2D eigenvalue weighted by Gasteiger charge is -2.29. The van der Waals surface area contributed by atoms with Gasteiger partial charge in [0.2, 0.25) is 0 Å². The summed E-state index contributed by atoms with van der Waals surface area (Å²) in [7, 11) is 0. The average molecular weight is 207 g/mol. The van der Waals surface area contributed by atoms with Crippen LogP contribution in [0.5, 0.6) is 0 Å². The predicted molar refractivity (Wildman–Crippen MR) is 63.5 cm³/mol. The molecule has 2 heteroatoms. The molecule has 1 unspecified atom stereocenters. The van der Waals surface area contributed by atoms with Gasteiger partial charge in [-0.2, -0.15) is 0 Å². The van der Waals surface area contributed by atoms with Crippen LogP contribution in [0.4, 0.5) is 0 Å². The van der Waals surface area contributed by atoms with Gasteiger partial charge in [0.05, 0.1) is 0 Å². The highest BCUT2D eigenvalue weighted by atomic mass is 16.1. The zero-order valence-electron chi connectivity index (χ0n) is 9.75. The standard InChI is InChI=1S/C13H21NO/c1-10(2)13-11(3)6-4-5-7-12(14-13)8-9-15/h8-10,13-14H,3-7H2,1-2H3/b12-8-. The number of aldehydes is 1. The fourth-order valence-electron chi connectivity index (χ4n) is 2.05. The van der Waals surface area contributed by atoms with E-state index in [1.54, 1.807) is 6.08 Å². The third-order valence-electron chi connectivity index (χ3n) is 2.91. The molecule has 2 nitrogen and oxygen atoms in total. The molecule has 0 aromatic heterocycles. The molecule has 15 heavy (non-hydrogen) atoms. The molecule has 1 saturated heterocycles. The molecule has 1 rings (SSSR count). The zero-order chi connectivity index (χ0) is 11.3. The van der Waals surface area contributed by atoms with Crippen LogP contribution in [0.25, 0.3) is 0 Å². The Bertz CT molecular complexity index is 266. The summed E-state index contributed by atoms with van der Waals surface area (Å²) in [6.45, 7) is 8.50. The van der Waals surface area contributed by atoms with E-state index in [9.17, 15) is 4.79 Å². The monoisotopic (exact) mass is 207 g/mol. The van der Waals surface area contributed by atoms with E-state index >= 15 is 0 Å². The predicted octanol–water partition coefficient (Wildman–Crippen LogP) is 2.81. The topological polar surface area (TPSA) is 29.1 Å². The van der Waals surface area contributed by atoms with Gasteiger partial charge in [-0.1, -0.05) is 26.0 Å². The van der Waals surface area contributed by atoms with Crippen LogP contribution in [0.3, 0.4) is 0 Å². The van der Waals surface area contributed by atoms with Gasteiger partial charge in [0.1, 0.15) is 6.29 Å². The smallest absolute Gasteiger partial charge is 0.144 e. The minimum atomic E-state index is 0.316. The Morgan fingerprint density at radius 2 is 2.07 bits per heavy atom. The molecule has 0 bridgehead atoms. The molecule has 84 valence electrons. The van der Waals surface area contributed by atoms with E-state index in [0.29, 0.717) is 12.0 Å². The van der Waals surface area contributed by atoms with Gasteiger partial charge in [0.15, 0.2) is 0 Å². The Balaban J connectivity index is 2.76. The number of allylic oxidation sites excluding steroid dienone is 2. The number of carbonyl (C=O) groups is 1. The fourth-order valence-corrected chi connectivity index (χ4v) is 2.05. The molecule has 1 heterocycles. The summed E-state index contributed by atoms with van der Waals surface area (Å²) < 4.78 is 0. The number of nitrogens with one attached hydrogen (secondary N) is 1. The van der Waals surface area contributed by atoms with Crippen molar-refractivity contribution in [1.82, 2.24) is 5.32 Å². The van der Waals surface area contributed by atoms with Crippen molar-refractivity contribution < 1.29 is 4.79 Å². The second-order valence-electron chi connectivity index (χ2n) is 4.56. The molecule has 0 aliphatic carbocycles. The molecule has 1 atom stereocenters. The highest BCUT2D eigenvalue weighted by Crippen LogP contribution is 2.22. The maximum atomic E-state index is 10.5. The van der Waals surface area contributed by atoms with Crippen molar-refractivity contribution in [2.45, 2.75) is 45.6 Å². The number of carbonyl (C=O) groups excluding carboxylic acids is 1. The first-order chi connectivity index (χ1) is 7.15. The maximum Gasteiger partial charge on any atom is 0.144 e. The summed E-state index contributed by atoms with van der Waals surface area (Å²) in [6, 6.07) is 0.316. The number of rotatable bonds is 2. The van der Waals surface area contributed by atoms with Crippen LogP contribution in [0.15, 0.2) is 23.9 Å². The lowest BCUT2D eigenvalue weighted by atomic mass is 9.90. The molecule has 1 N–H and O–H groups in total. The summed E-state index contributed by atoms with van der Waals surface area (Å²) in [5.41, 5.74) is 2.33. The van der Waals surface area contributed by atoms with Gasteiger partial charge in [0, 0.05) is 11.7 Å². The second-order valence-corrected chi connectivity index (χ2v) is 4.56. The van der Waals surface area contributed by atoms with Gasteiger partial charge in [-0.05, 0) is 37.7 Å². The van der Waals surface area contributed by atoms with Crippen molar-refractivity contribution in [2.75, 3.05) is 0 Å². The molecule has 0 aromatic carbocycles. The van der Waals surface area contributed by atoms with Crippen LogP contribution in [-0.2, 0) is 4.79 Å². The van der Waals surface area contributed by atoms with Crippen LogP contribution >= 0.6 is 0 Å². The van der Waals surface area contributed by atoms with Gasteiger partial charge in [-0.15, -0.1) is 0 Å². The van der Waals surface area contributed by atoms with E-state index in [0.717, 1.165) is 31.2 Å². The van der Waals surface area contributed by atoms with Gasteiger partial charge in [0.25, 0.3) is 0 Å². The van der Waals surface area contributed by atoms with Crippen molar-refractivity contribution >= 4 is 6.29 Å². The van der Waals surface area contributed by atoms with Crippen molar-refractivity contribution in [2.24, 2.45) is 5.92 Å². The normalized spacial score (nSPS) is 25.9. The molecular formula is C13H21NO. The molecule has 0 amide bonds. The van der Waals surface area contributed by atoms with E-state index in [-0.39, 0.29) is 0 Å². The largest absolute Gasteiger partial charge is 0.382 e. The Kier molecular flexibility index (Phi) is 4.60. The van der Waals surface area contributed by atoms with Crippen molar-refractivity contribution in [3.8, 4) is 0 Å². The highest BCUT2D eigenvalue weighted by molar-refractivity contribution is 5.65. The third-order valence-corrected chi connectivity index (χ3v) is 2.91. The van der Waals surface area contributed by atoms with Crippen LogP contribution in [0, 0.1) is 5.92 Å². The fraction of sp³-hybridized carbons (Fsp3) is 0.615. The molecule has 0 aromatic rings. The molecule has 0 radical (unpaired) electrons. The van der Waals surface area contributed by atoms with E-state index < -0.39 is 0 Å². The molecule has 0 saturated carbocycles. The van der Waals surface area contributed by atoms with Gasteiger partial charge in [-0.25, -0.2) is 0 Å². The van der Waals surface area contributed by atoms with Crippen LogP contribution < -0.4 is 5.32 Å². The highest BCUT2D eigenvalue weighted by Gasteiger charge is 2.19. The van der Waals surface area contributed by atoms with Crippen LogP contribution in [0.2, 0.25) is 0 Å². The van der Waals surface area contributed by atoms with Crippen molar-refractivity contribution in [3.05, 3.63) is 23.9 Å². The molecule has 1 aliphatic heterocycles.